The Labute approximate surface area is 101 Å². The average molecular weight is 217 g/mol. The van der Waals surface area contributed by atoms with Crippen molar-refractivity contribution in [3.8, 4) is 11.8 Å². The van der Waals surface area contributed by atoms with E-state index >= 15 is 0 Å². The molecule has 0 unspecified atom stereocenters. The molecule has 0 saturated heterocycles. The van der Waals surface area contributed by atoms with Crippen LogP contribution in [0.5, 0.6) is 0 Å². The molecule has 0 N–H and O–H groups in total. The van der Waals surface area contributed by atoms with Crippen LogP contribution in [-0.4, -0.2) is 0 Å². The molecular weight excluding hydrogens is 192 g/mol. The van der Waals surface area contributed by atoms with Gasteiger partial charge < -0.3 is 0 Å². The van der Waals surface area contributed by atoms with Gasteiger partial charge in [0.25, 0.3) is 0 Å². The van der Waals surface area contributed by atoms with Gasteiger partial charge >= 0.3 is 0 Å². The standard InChI is InChI=1S/C16H25/c1-2-9-16(14-10-5-3-6-11-14)15-12-7-4-8-13-15/h14-16H,1,3-8,10-13H2. The molecule has 0 spiro atoms. The lowest BCUT2D eigenvalue weighted by molar-refractivity contribution is 0.189. The summed E-state index contributed by atoms with van der Waals surface area (Å²) in [5.41, 5.74) is 0. The SMILES string of the molecule is [CH2]C#CC(C1CCCCC1)C1CCCCC1. The number of hydrogen-bond acceptors (Lipinski definition) is 0. The van der Waals surface area contributed by atoms with Gasteiger partial charge in [-0.25, -0.2) is 0 Å². The first-order chi connectivity index (χ1) is 7.92. The van der Waals surface area contributed by atoms with Gasteiger partial charge in [0.15, 0.2) is 0 Å². The summed E-state index contributed by atoms with van der Waals surface area (Å²) in [5, 5.41) is 0. The predicted octanol–water partition coefficient (Wildman–Crippen LogP) is 4.60. The zero-order chi connectivity index (χ0) is 11.2. The Morgan fingerprint density at radius 1 is 0.750 bits per heavy atom. The first-order valence-corrected chi connectivity index (χ1v) is 7.19. The van der Waals surface area contributed by atoms with Gasteiger partial charge in [0.1, 0.15) is 0 Å². The molecule has 2 rings (SSSR count). The second kappa shape index (κ2) is 6.33. The van der Waals surface area contributed by atoms with Crippen LogP contribution in [0.25, 0.3) is 0 Å². The molecular formula is C16H25. The monoisotopic (exact) mass is 217 g/mol. The minimum Gasteiger partial charge on any atom is -0.102 e. The van der Waals surface area contributed by atoms with Crippen LogP contribution in [0.2, 0.25) is 0 Å². The van der Waals surface area contributed by atoms with Crippen molar-refractivity contribution in [2.24, 2.45) is 17.8 Å². The molecule has 0 atom stereocenters. The van der Waals surface area contributed by atoms with Crippen LogP contribution < -0.4 is 0 Å². The van der Waals surface area contributed by atoms with Crippen molar-refractivity contribution in [2.45, 2.75) is 64.2 Å². The molecule has 0 aliphatic heterocycles. The molecule has 89 valence electrons. The van der Waals surface area contributed by atoms with Crippen LogP contribution in [0.15, 0.2) is 0 Å². The third kappa shape index (κ3) is 3.03. The summed E-state index contributed by atoms with van der Waals surface area (Å²) in [5.74, 6) is 8.89. The van der Waals surface area contributed by atoms with Crippen molar-refractivity contribution in [1.82, 2.24) is 0 Å². The van der Waals surface area contributed by atoms with Gasteiger partial charge in [-0.1, -0.05) is 44.4 Å². The van der Waals surface area contributed by atoms with Gasteiger partial charge in [-0.3, -0.25) is 0 Å². The van der Waals surface area contributed by atoms with Gasteiger partial charge in [-0.05, 0) is 37.5 Å². The van der Waals surface area contributed by atoms with E-state index in [1.807, 2.05) is 0 Å². The highest BCUT2D eigenvalue weighted by Gasteiger charge is 2.29. The fourth-order valence-electron chi connectivity index (χ4n) is 3.73. The van der Waals surface area contributed by atoms with E-state index in [4.69, 9.17) is 0 Å². The van der Waals surface area contributed by atoms with Crippen molar-refractivity contribution in [1.29, 1.82) is 0 Å². The number of hydrogen-bond donors (Lipinski definition) is 0. The van der Waals surface area contributed by atoms with E-state index in [2.05, 4.69) is 18.8 Å². The van der Waals surface area contributed by atoms with Crippen LogP contribution in [0.4, 0.5) is 0 Å². The third-order valence-electron chi connectivity index (χ3n) is 4.58. The smallest absolute Gasteiger partial charge is 0.0259 e. The summed E-state index contributed by atoms with van der Waals surface area (Å²) in [6.45, 7) is 3.75. The summed E-state index contributed by atoms with van der Waals surface area (Å²) >= 11 is 0. The van der Waals surface area contributed by atoms with Crippen molar-refractivity contribution < 1.29 is 0 Å². The van der Waals surface area contributed by atoms with E-state index in [0.29, 0.717) is 5.92 Å². The average Bonchev–Trinajstić information content (AvgIpc) is 2.38. The topological polar surface area (TPSA) is 0 Å². The molecule has 0 heteroatoms. The summed E-state index contributed by atoms with van der Waals surface area (Å²) < 4.78 is 0. The summed E-state index contributed by atoms with van der Waals surface area (Å²) in [4.78, 5) is 0. The minimum atomic E-state index is 0.679. The Morgan fingerprint density at radius 3 is 1.56 bits per heavy atom. The Morgan fingerprint density at radius 2 is 1.19 bits per heavy atom. The molecule has 0 bridgehead atoms. The Balaban J connectivity index is 1.98. The van der Waals surface area contributed by atoms with Gasteiger partial charge in [-0.2, -0.15) is 0 Å². The van der Waals surface area contributed by atoms with E-state index in [1.165, 1.54) is 64.2 Å². The molecule has 1 radical (unpaired) electrons. The molecule has 2 fully saturated rings. The maximum atomic E-state index is 3.75. The second-order valence-electron chi connectivity index (χ2n) is 5.64. The van der Waals surface area contributed by atoms with Crippen LogP contribution in [0.3, 0.4) is 0 Å². The summed E-state index contributed by atoms with van der Waals surface area (Å²) in [7, 11) is 0. The van der Waals surface area contributed by atoms with Crippen LogP contribution in [0.1, 0.15) is 64.2 Å². The summed E-state index contributed by atoms with van der Waals surface area (Å²) in [6.07, 6.45) is 14.4. The Hall–Kier alpha value is -0.440. The molecule has 2 aliphatic rings. The van der Waals surface area contributed by atoms with Gasteiger partial charge in [0.05, 0.1) is 0 Å². The highest BCUT2D eigenvalue weighted by Crippen LogP contribution is 2.39. The van der Waals surface area contributed by atoms with Crippen molar-refractivity contribution in [3.05, 3.63) is 6.92 Å². The van der Waals surface area contributed by atoms with E-state index in [0.717, 1.165) is 11.8 Å². The summed E-state index contributed by atoms with van der Waals surface area (Å²) in [6, 6.07) is 0. The minimum absolute atomic E-state index is 0.679. The van der Waals surface area contributed by atoms with E-state index in [9.17, 15) is 0 Å². The highest BCUT2D eigenvalue weighted by molar-refractivity contribution is 5.09. The molecule has 2 aliphatic carbocycles. The number of rotatable bonds is 2. The van der Waals surface area contributed by atoms with E-state index in [-0.39, 0.29) is 0 Å². The molecule has 0 aromatic carbocycles. The first kappa shape index (κ1) is 12.0. The Bertz CT molecular complexity index is 225. The van der Waals surface area contributed by atoms with Crippen molar-refractivity contribution >= 4 is 0 Å². The van der Waals surface area contributed by atoms with E-state index in [1.54, 1.807) is 0 Å². The molecule has 16 heavy (non-hydrogen) atoms. The molecule has 0 nitrogen and oxygen atoms in total. The Kier molecular flexibility index (Phi) is 4.76. The predicted molar refractivity (Wildman–Crippen MR) is 69.8 cm³/mol. The second-order valence-corrected chi connectivity index (χ2v) is 5.64. The lowest BCUT2D eigenvalue weighted by Crippen LogP contribution is -2.26. The largest absolute Gasteiger partial charge is 0.102 e. The lowest BCUT2D eigenvalue weighted by atomic mass is 9.70. The normalized spacial score (nSPS) is 24.1. The maximum absolute atomic E-state index is 3.75. The molecule has 0 amide bonds. The van der Waals surface area contributed by atoms with Crippen LogP contribution in [-0.2, 0) is 0 Å². The quantitative estimate of drug-likeness (QED) is 0.593. The zero-order valence-electron chi connectivity index (χ0n) is 10.5. The first-order valence-electron chi connectivity index (χ1n) is 7.19. The molecule has 0 heterocycles. The zero-order valence-corrected chi connectivity index (χ0v) is 10.5. The lowest BCUT2D eigenvalue weighted by Gasteiger charge is -2.34. The highest BCUT2D eigenvalue weighted by atomic mass is 14.3. The fraction of sp³-hybridized carbons (Fsp3) is 0.812. The maximum Gasteiger partial charge on any atom is 0.0259 e. The van der Waals surface area contributed by atoms with Gasteiger partial charge in [-0.15, -0.1) is 5.92 Å². The van der Waals surface area contributed by atoms with E-state index < -0.39 is 0 Å². The van der Waals surface area contributed by atoms with Crippen molar-refractivity contribution in [3.63, 3.8) is 0 Å². The van der Waals surface area contributed by atoms with Gasteiger partial charge in [0, 0.05) is 12.8 Å². The van der Waals surface area contributed by atoms with Gasteiger partial charge in [0.2, 0.25) is 0 Å². The molecule has 0 aromatic heterocycles. The van der Waals surface area contributed by atoms with Crippen LogP contribution in [0, 0.1) is 36.5 Å². The fourth-order valence-corrected chi connectivity index (χ4v) is 3.73. The van der Waals surface area contributed by atoms with Crippen LogP contribution >= 0.6 is 0 Å². The molecule has 2 saturated carbocycles. The third-order valence-corrected chi connectivity index (χ3v) is 4.58. The molecule has 0 aromatic rings. The van der Waals surface area contributed by atoms with Crippen molar-refractivity contribution in [2.75, 3.05) is 0 Å².